The van der Waals surface area contributed by atoms with Crippen molar-refractivity contribution in [2.45, 2.75) is 4.90 Å². The van der Waals surface area contributed by atoms with E-state index in [9.17, 15) is 13.2 Å². The van der Waals surface area contributed by atoms with Crippen molar-refractivity contribution in [3.8, 4) is 11.3 Å². The van der Waals surface area contributed by atoms with Crippen LogP contribution in [0.1, 0.15) is 16.1 Å². The predicted octanol–water partition coefficient (Wildman–Crippen LogP) is 2.83. The highest BCUT2D eigenvalue weighted by Gasteiger charge is 2.08. The first-order valence-corrected chi connectivity index (χ1v) is 9.62. The molecule has 9 heteroatoms. The van der Waals surface area contributed by atoms with Gasteiger partial charge in [0.1, 0.15) is 11.5 Å². The number of hydrogen-bond acceptors (Lipinski definition) is 7. The Morgan fingerprint density at radius 2 is 1.75 bits per heavy atom. The van der Waals surface area contributed by atoms with Gasteiger partial charge in [-0.15, -0.1) is 0 Å². The average Bonchev–Trinajstić information content (AvgIpc) is 3.16. The van der Waals surface area contributed by atoms with Crippen LogP contribution in [-0.2, 0) is 14.8 Å². The third-order valence-electron chi connectivity index (χ3n) is 3.79. The Kier molecular flexibility index (Phi) is 5.57. The molecule has 0 aliphatic carbocycles. The number of methoxy groups -OCH3 is 1. The van der Waals surface area contributed by atoms with Crippen LogP contribution in [0.2, 0.25) is 0 Å². The number of esters is 1. The highest BCUT2D eigenvalue weighted by Crippen LogP contribution is 2.22. The fourth-order valence-corrected chi connectivity index (χ4v) is 2.87. The molecule has 0 amide bonds. The van der Waals surface area contributed by atoms with Crippen molar-refractivity contribution in [2.75, 3.05) is 12.5 Å². The fraction of sp³-hybridized carbons (Fsp3) is 0.0526. The quantitative estimate of drug-likeness (QED) is 0.373. The number of rotatable bonds is 6. The number of hydrazone groups is 1. The van der Waals surface area contributed by atoms with Gasteiger partial charge in [-0.25, -0.2) is 18.4 Å². The lowest BCUT2D eigenvalue weighted by Gasteiger charge is -2.01. The Bertz CT molecular complexity index is 1100. The highest BCUT2D eigenvalue weighted by molar-refractivity contribution is 7.89. The maximum Gasteiger partial charge on any atom is 0.337 e. The molecule has 2 aromatic carbocycles. The summed E-state index contributed by atoms with van der Waals surface area (Å²) in [6.07, 6.45) is 1.49. The SMILES string of the molecule is COC(=O)c1ccc(-c2ccc(C=NNc3ccc(S(N)(=O)=O)cc3)o2)cc1. The van der Waals surface area contributed by atoms with Crippen molar-refractivity contribution in [2.24, 2.45) is 10.2 Å². The number of anilines is 1. The molecule has 3 rings (SSSR count). The lowest BCUT2D eigenvalue weighted by molar-refractivity contribution is 0.0600. The normalized spacial score (nSPS) is 11.5. The summed E-state index contributed by atoms with van der Waals surface area (Å²) in [5.41, 5.74) is 4.62. The summed E-state index contributed by atoms with van der Waals surface area (Å²) in [4.78, 5) is 11.5. The molecule has 8 nitrogen and oxygen atoms in total. The summed E-state index contributed by atoms with van der Waals surface area (Å²) in [6, 6.07) is 16.2. The van der Waals surface area contributed by atoms with Crippen molar-refractivity contribution in [3.05, 3.63) is 72.0 Å². The van der Waals surface area contributed by atoms with Crippen molar-refractivity contribution in [1.82, 2.24) is 0 Å². The van der Waals surface area contributed by atoms with E-state index in [1.165, 1.54) is 25.5 Å². The van der Waals surface area contributed by atoms with Crippen LogP contribution in [0.15, 0.2) is 75.1 Å². The van der Waals surface area contributed by atoms with E-state index in [1.54, 1.807) is 48.5 Å². The summed E-state index contributed by atoms with van der Waals surface area (Å²) in [6.45, 7) is 0. The van der Waals surface area contributed by atoms with Gasteiger partial charge in [0, 0.05) is 5.56 Å². The lowest BCUT2D eigenvalue weighted by atomic mass is 10.1. The van der Waals surface area contributed by atoms with E-state index in [-0.39, 0.29) is 4.90 Å². The molecule has 1 aromatic heterocycles. The molecule has 3 N–H and O–H groups in total. The van der Waals surface area contributed by atoms with Crippen molar-refractivity contribution < 1.29 is 22.4 Å². The number of carbonyl (C=O) groups excluding carboxylic acids is 1. The molecule has 0 bridgehead atoms. The monoisotopic (exact) mass is 399 g/mol. The van der Waals surface area contributed by atoms with Crippen molar-refractivity contribution >= 4 is 27.9 Å². The van der Waals surface area contributed by atoms with Gasteiger partial charge in [0.15, 0.2) is 0 Å². The first kappa shape index (κ1) is 19.3. The topological polar surface area (TPSA) is 124 Å². The number of benzene rings is 2. The van der Waals surface area contributed by atoms with Crippen LogP contribution in [-0.4, -0.2) is 27.7 Å². The minimum atomic E-state index is -3.72. The zero-order valence-corrected chi connectivity index (χ0v) is 15.6. The molecule has 0 aliphatic heterocycles. The number of sulfonamides is 1. The summed E-state index contributed by atoms with van der Waals surface area (Å²) < 4.78 is 32.8. The second-order valence-corrected chi connectivity index (χ2v) is 7.27. The molecule has 0 unspecified atom stereocenters. The number of ether oxygens (including phenoxy) is 1. The van der Waals surface area contributed by atoms with E-state index in [0.29, 0.717) is 22.8 Å². The first-order valence-electron chi connectivity index (χ1n) is 8.07. The number of nitrogens with zero attached hydrogens (tertiary/aromatic N) is 1. The Morgan fingerprint density at radius 1 is 1.07 bits per heavy atom. The molecule has 0 spiro atoms. The number of primary sulfonamides is 1. The summed E-state index contributed by atoms with van der Waals surface area (Å²) >= 11 is 0. The van der Waals surface area contributed by atoms with Gasteiger partial charge in [-0.2, -0.15) is 5.10 Å². The molecular weight excluding hydrogens is 382 g/mol. The first-order chi connectivity index (χ1) is 13.4. The van der Waals surface area contributed by atoms with E-state index < -0.39 is 16.0 Å². The van der Waals surface area contributed by atoms with Crippen LogP contribution in [0.3, 0.4) is 0 Å². The van der Waals surface area contributed by atoms with Gasteiger partial charge in [-0.3, -0.25) is 5.43 Å². The van der Waals surface area contributed by atoms with Crippen LogP contribution in [0, 0.1) is 0 Å². The van der Waals surface area contributed by atoms with Gasteiger partial charge < -0.3 is 9.15 Å². The molecule has 28 heavy (non-hydrogen) atoms. The molecule has 0 saturated heterocycles. The van der Waals surface area contributed by atoms with Gasteiger partial charge in [0.25, 0.3) is 0 Å². The third kappa shape index (κ3) is 4.64. The summed E-state index contributed by atoms with van der Waals surface area (Å²) in [7, 11) is -2.39. The summed E-state index contributed by atoms with van der Waals surface area (Å²) in [5, 5.41) is 9.10. The molecule has 0 fully saturated rings. The average molecular weight is 399 g/mol. The standard InChI is InChI=1S/C19H17N3O5S/c1-26-19(23)14-4-2-13(3-5-14)18-11-8-16(27-18)12-21-22-15-6-9-17(10-7-15)28(20,24)25/h2-12,22H,1H3,(H2,20,24,25). The third-order valence-corrected chi connectivity index (χ3v) is 4.71. The molecule has 0 aliphatic rings. The Balaban J connectivity index is 1.65. The highest BCUT2D eigenvalue weighted by atomic mass is 32.2. The fourth-order valence-electron chi connectivity index (χ4n) is 2.36. The van der Waals surface area contributed by atoms with E-state index in [1.807, 2.05) is 0 Å². The molecule has 144 valence electrons. The van der Waals surface area contributed by atoms with Crippen LogP contribution in [0.5, 0.6) is 0 Å². The van der Waals surface area contributed by atoms with Gasteiger partial charge in [0.05, 0.1) is 29.5 Å². The van der Waals surface area contributed by atoms with Gasteiger partial charge in [-0.1, -0.05) is 12.1 Å². The largest absolute Gasteiger partial charge is 0.465 e. The van der Waals surface area contributed by atoms with E-state index in [2.05, 4.69) is 15.3 Å². The van der Waals surface area contributed by atoms with Gasteiger partial charge >= 0.3 is 5.97 Å². The maximum atomic E-state index is 11.5. The zero-order valence-electron chi connectivity index (χ0n) is 14.8. The van der Waals surface area contributed by atoms with Crippen LogP contribution in [0.25, 0.3) is 11.3 Å². The van der Waals surface area contributed by atoms with E-state index >= 15 is 0 Å². The van der Waals surface area contributed by atoms with Crippen LogP contribution in [0.4, 0.5) is 5.69 Å². The molecule has 0 saturated carbocycles. The Morgan fingerprint density at radius 3 is 2.36 bits per heavy atom. The molecule has 0 atom stereocenters. The number of nitrogens with one attached hydrogen (secondary N) is 1. The zero-order chi connectivity index (χ0) is 20.1. The van der Waals surface area contributed by atoms with E-state index in [4.69, 9.17) is 9.56 Å². The maximum absolute atomic E-state index is 11.5. The lowest BCUT2D eigenvalue weighted by Crippen LogP contribution is -2.11. The molecular formula is C19H17N3O5S. The Labute approximate surface area is 161 Å². The van der Waals surface area contributed by atoms with Crippen molar-refractivity contribution in [1.29, 1.82) is 0 Å². The number of carbonyl (C=O) groups is 1. The summed E-state index contributed by atoms with van der Waals surface area (Å²) in [5.74, 6) is 0.734. The number of hydrogen-bond donors (Lipinski definition) is 2. The molecule has 0 radical (unpaired) electrons. The smallest absolute Gasteiger partial charge is 0.337 e. The van der Waals surface area contributed by atoms with Crippen LogP contribution < -0.4 is 10.6 Å². The second kappa shape index (κ2) is 8.07. The number of nitrogens with two attached hydrogens (primary N) is 1. The van der Waals surface area contributed by atoms with Crippen molar-refractivity contribution in [3.63, 3.8) is 0 Å². The van der Waals surface area contributed by atoms with E-state index in [0.717, 1.165) is 5.56 Å². The number of furan rings is 1. The minimum absolute atomic E-state index is 0.0240. The van der Waals surface area contributed by atoms with Gasteiger partial charge in [0.2, 0.25) is 10.0 Å². The van der Waals surface area contributed by atoms with Crippen LogP contribution >= 0.6 is 0 Å². The molecule has 3 aromatic rings. The van der Waals surface area contributed by atoms with Gasteiger partial charge in [-0.05, 0) is 48.5 Å². The Hall–Kier alpha value is -3.43. The predicted molar refractivity (Wildman–Crippen MR) is 105 cm³/mol. The second-order valence-electron chi connectivity index (χ2n) is 5.71. The minimum Gasteiger partial charge on any atom is -0.465 e. The molecule has 1 heterocycles.